The molecular formula is C22H28ClN3O. The Morgan fingerprint density at radius 1 is 1.26 bits per heavy atom. The fraction of sp³-hybridized carbons (Fsp3) is 0.500. The molecule has 0 aromatic carbocycles. The number of rotatable bonds is 4. The number of allylic oxidation sites excluding steroid dienone is 1. The molecule has 1 aromatic heterocycles. The summed E-state index contributed by atoms with van der Waals surface area (Å²) >= 11 is 6.03. The van der Waals surface area contributed by atoms with Crippen LogP contribution in [0.25, 0.3) is 12.2 Å². The highest BCUT2D eigenvalue weighted by molar-refractivity contribution is 6.21. The zero-order valence-corrected chi connectivity index (χ0v) is 16.9. The van der Waals surface area contributed by atoms with E-state index in [1.165, 1.54) is 19.3 Å². The number of pyridine rings is 1. The highest BCUT2D eigenvalue weighted by Crippen LogP contribution is 2.18. The van der Waals surface area contributed by atoms with Crippen molar-refractivity contribution in [3.8, 4) is 0 Å². The van der Waals surface area contributed by atoms with E-state index in [-0.39, 0.29) is 17.5 Å². The van der Waals surface area contributed by atoms with Crippen molar-refractivity contribution in [3.63, 3.8) is 0 Å². The van der Waals surface area contributed by atoms with Crippen LogP contribution in [0.2, 0.25) is 0 Å². The van der Waals surface area contributed by atoms with Crippen LogP contribution in [0.3, 0.4) is 0 Å². The molecule has 1 aliphatic carbocycles. The number of dihydropyridines is 1. The van der Waals surface area contributed by atoms with Gasteiger partial charge in [0.1, 0.15) is 11.2 Å². The molecule has 1 atom stereocenters. The van der Waals surface area contributed by atoms with Gasteiger partial charge in [-0.15, -0.1) is 0 Å². The predicted octanol–water partition coefficient (Wildman–Crippen LogP) is 3.25. The third-order valence-corrected chi connectivity index (χ3v) is 5.57. The average Bonchev–Trinajstić information content (AvgIpc) is 2.69. The highest BCUT2D eigenvalue weighted by atomic mass is 35.5. The van der Waals surface area contributed by atoms with Crippen LogP contribution in [0.4, 0.5) is 0 Å². The van der Waals surface area contributed by atoms with E-state index < -0.39 is 0 Å². The Kier molecular flexibility index (Phi) is 6.84. The first-order valence-corrected chi connectivity index (χ1v) is 10.3. The maximum absolute atomic E-state index is 12.8. The Bertz CT molecular complexity index is 866. The predicted molar refractivity (Wildman–Crippen MR) is 113 cm³/mol. The minimum atomic E-state index is -0.167. The van der Waals surface area contributed by atoms with Gasteiger partial charge in [0.15, 0.2) is 0 Å². The van der Waals surface area contributed by atoms with Gasteiger partial charge in [0.2, 0.25) is 0 Å². The van der Waals surface area contributed by atoms with E-state index in [1.807, 2.05) is 32.2 Å². The topological polar surface area (TPSA) is 54.4 Å². The van der Waals surface area contributed by atoms with Crippen molar-refractivity contribution >= 4 is 35.9 Å². The molecule has 1 aromatic rings. The van der Waals surface area contributed by atoms with Crippen LogP contribution in [0.1, 0.15) is 68.4 Å². The summed E-state index contributed by atoms with van der Waals surface area (Å²) in [6, 6.07) is 2.21. The zero-order valence-electron chi connectivity index (χ0n) is 16.2. The van der Waals surface area contributed by atoms with Crippen molar-refractivity contribution in [2.75, 3.05) is 0 Å². The normalized spacial score (nSPS) is 22.0. The largest absolute Gasteiger partial charge is 0.348 e. The van der Waals surface area contributed by atoms with E-state index >= 15 is 0 Å². The summed E-state index contributed by atoms with van der Waals surface area (Å²) < 4.78 is 0. The van der Waals surface area contributed by atoms with E-state index in [9.17, 15) is 4.79 Å². The van der Waals surface area contributed by atoms with Crippen LogP contribution in [-0.4, -0.2) is 28.6 Å². The van der Waals surface area contributed by atoms with E-state index in [0.29, 0.717) is 5.69 Å². The van der Waals surface area contributed by atoms with E-state index in [1.54, 1.807) is 0 Å². The number of amides is 1. The van der Waals surface area contributed by atoms with Crippen molar-refractivity contribution in [2.24, 2.45) is 4.99 Å². The quantitative estimate of drug-likeness (QED) is 0.639. The minimum Gasteiger partial charge on any atom is -0.348 e. The first kappa shape index (κ1) is 19.8. The first-order chi connectivity index (χ1) is 13.1. The van der Waals surface area contributed by atoms with Crippen molar-refractivity contribution in [2.45, 2.75) is 70.3 Å². The lowest BCUT2D eigenvalue weighted by molar-refractivity contribution is 0.0922. The number of aliphatic imine (C=N–C) groups is 1. The van der Waals surface area contributed by atoms with Gasteiger partial charge in [0.05, 0.1) is 5.35 Å². The van der Waals surface area contributed by atoms with Crippen LogP contribution in [-0.2, 0) is 6.42 Å². The number of hydrogen-bond donors (Lipinski definition) is 1. The van der Waals surface area contributed by atoms with Crippen LogP contribution >= 0.6 is 11.6 Å². The lowest BCUT2D eigenvalue weighted by Gasteiger charge is -2.22. The first-order valence-electron chi connectivity index (χ1n) is 9.90. The monoisotopic (exact) mass is 385 g/mol. The standard InChI is InChI=1S/C22H28ClN3O/c1-3-18-16(12-15-10-11-21(23)24-14-15)13-20(26-19(18)4-2)22(27)25-17-8-6-5-7-9-17/h3-4,10,13-14,17,21H,5-9,11-12H2,1-2H3,(H,25,27)/b18-3-,19-4+. The molecule has 4 nitrogen and oxygen atoms in total. The Morgan fingerprint density at radius 2 is 2.04 bits per heavy atom. The molecule has 27 heavy (non-hydrogen) atoms. The highest BCUT2D eigenvalue weighted by Gasteiger charge is 2.18. The molecule has 1 saturated carbocycles. The Labute approximate surface area is 166 Å². The van der Waals surface area contributed by atoms with Crippen LogP contribution in [0, 0.1) is 0 Å². The minimum absolute atomic E-state index is 0.0685. The summed E-state index contributed by atoms with van der Waals surface area (Å²) in [7, 11) is 0. The van der Waals surface area contributed by atoms with Crippen molar-refractivity contribution < 1.29 is 4.79 Å². The fourth-order valence-corrected chi connectivity index (χ4v) is 3.97. The number of alkyl halides is 1. The summed E-state index contributed by atoms with van der Waals surface area (Å²) in [5.74, 6) is -0.0685. The lowest BCUT2D eigenvalue weighted by Crippen LogP contribution is -2.40. The third-order valence-electron chi connectivity index (χ3n) is 5.28. The van der Waals surface area contributed by atoms with Crippen LogP contribution < -0.4 is 15.9 Å². The number of nitrogens with zero attached hydrogens (tertiary/aromatic N) is 2. The number of nitrogens with one attached hydrogen (secondary N) is 1. The summed E-state index contributed by atoms with van der Waals surface area (Å²) in [5, 5.41) is 5.11. The van der Waals surface area contributed by atoms with Crippen molar-refractivity contribution in [1.82, 2.24) is 10.3 Å². The van der Waals surface area contributed by atoms with E-state index in [0.717, 1.165) is 47.4 Å². The van der Waals surface area contributed by atoms with Crippen molar-refractivity contribution in [1.29, 1.82) is 0 Å². The maximum Gasteiger partial charge on any atom is 0.270 e. The molecule has 1 aliphatic heterocycles. The molecule has 1 unspecified atom stereocenters. The van der Waals surface area contributed by atoms with Gasteiger partial charge in [-0.1, -0.05) is 49.1 Å². The van der Waals surface area contributed by atoms with Gasteiger partial charge in [0, 0.05) is 18.7 Å². The Balaban J connectivity index is 1.89. The van der Waals surface area contributed by atoms with Gasteiger partial charge < -0.3 is 5.32 Å². The van der Waals surface area contributed by atoms with Crippen LogP contribution in [0.5, 0.6) is 0 Å². The smallest absolute Gasteiger partial charge is 0.270 e. The van der Waals surface area contributed by atoms with Crippen LogP contribution in [0.15, 0.2) is 22.7 Å². The molecule has 0 saturated heterocycles. The number of halogens is 1. The number of aromatic nitrogens is 1. The van der Waals surface area contributed by atoms with Gasteiger partial charge in [-0.2, -0.15) is 0 Å². The van der Waals surface area contributed by atoms with Gasteiger partial charge in [-0.3, -0.25) is 9.79 Å². The van der Waals surface area contributed by atoms with E-state index in [4.69, 9.17) is 11.6 Å². The summed E-state index contributed by atoms with van der Waals surface area (Å²) in [6.45, 7) is 3.97. The second-order valence-electron chi connectivity index (χ2n) is 7.26. The Hall–Kier alpha value is -1.94. The molecule has 1 fully saturated rings. The molecule has 1 amide bonds. The van der Waals surface area contributed by atoms with Gasteiger partial charge >= 0.3 is 0 Å². The fourth-order valence-electron chi connectivity index (χ4n) is 3.83. The molecule has 2 aliphatic rings. The maximum atomic E-state index is 12.8. The molecular weight excluding hydrogens is 358 g/mol. The summed E-state index contributed by atoms with van der Waals surface area (Å²) in [4.78, 5) is 21.7. The van der Waals surface area contributed by atoms with Crippen molar-refractivity contribution in [3.05, 3.63) is 39.5 Å². The summed E-state index contributed by atoms with van der Waals surface area (Å²) in [6.07, 6.45) is 15.2. The molecule has 144 valence electrons. The zero-order chi connectivity index (χ0) is 19.2. The number of carbonyl (C=O) groups excluding carboxylic acids is 1. The number of carbonyl (C=O) groups is 1. The molecule has 0 radical (unpaired) electrons. The average molecular weight is 386 g/mol. The molecule has 3 rings (SSSR count). The molecule has 2 heterocycles. The van der Waals surface area contributed by atoms with Gasteiger partial charge in [-0.25, -0.2) is 4.98 Å². The molecule has 1 N–H and O–H groups in total. The molecule has 0 bridgehead atoms. The van der Waals surface area contributed by atoms with E-state index in [2.05, 4.69) is 27.4 Å². The SMILES string of the molecule is C/C=c1/c(CC2=CCC(Cl)N=C2)cc(C(=O)NC2CCCCC2)n/c1=C/C. The Morgan fingerprint density at radius 3 is 2.67 bits per heavy atom. The van der Waals surface area contributed by atoms with Gasteiger partial charge in [-0.05, 0) is 55.5 Å². The van der Waals surface area contributed by atoms with Gasteiger partial charge in [0.25, 0.3) is 5.91 Å². The molecule has 0 spiro atoms. The lowest BCUT2D eigenvalue weighted by atomic mass is 9.95. The second kappa shape index (κ2) is 9.32. The number of hydrogen-bond acceptors (Lipinski definition) is 3. The summed E-state index contributed by atoms with van der Waals surface area (Å²) in [5.41, 5.74) is 2.56. The third kappa shape index (κ3) is 5.07. The molecule has 5 heteroatoms. The second-order valence-corrected chi connectivity index (χ2v) is 7.76.